The van der Waals surface area contributed by atoms with Crippen molar-refractivity contribution in [2.45, 2.75) is 19.4 Å². The van der Waals surface area contributed by atoms with Gasteiger partial charge in [0.2, 0.25) is 0 Å². The summed E-state index contributed by atoms with van der Waals surface area (Å²) in [7, 11) is 0. The second kappa shape index (κ2) is 11.1. The number of ether oxygens (including phenoxy) is 2. The summed E-state index contributed by atoms with van der Waals surface area (Å²) in [6.07, 6.45) is 5.68. The van der Waals surface area contributed by atoms with Crippen LogP contribution in [0.1, 0.15) is 29.1 Å². The van der Waals surface area contributed by atoms with Gasteiger partial charge in [0.25, 0.3) is 0 Å². The third kappa shape index (κ3) is 6.29. The summed E-state index contributed by atoms with van der Waals surface area (Å²) in [4.78, 5) is 4.68. The summed E-state index contributed by atoms with van der Waals surface area (Å²) in [5.41, 5.74) is 4.00. The highest BCUT2D eigenvalue weighted by Crippen LogP contribution is 2.20. The smallest absolute Gasteiger partial charge is 0.174 e. The van der Waals surface area contributed by atoms with Gasteiger partial charge in [-0.05, 0) is 53.9 Å². The first-order valence-corrected chi connectivity index (χ1v) is 11.5. The van der Waals surface area contributed by atoms with E-state index in [0.29, 0.717) is 19.0 Å². The van der Waals surface area contributed by atoms with Crippen molar-refractivity contribution in [3.05, 3.63) is 108 Å². The predicted molar refractivity (Wildman–Crippen MR) is 136 cm³/mol. The van der Waals surface area contributed by atoms with Gasteiger partial charge in [0.1, 0.15) is 18.1 Å². The molecule has 5 aromatic rings. The number of aryl methyl sites for hydroxylation is 1. The van der Waals surface area contributed by atoms with Gasteiger partial charge in [0, 0.05) is 11.8 Å². The number of pyridine rings is 1. The molecule has 1 N–H and O–H groups in total. The van der Waals surface area contributed by atoms with Crippen molar-refractivity contribution in [3.8, 4) is 11.5 Å². The standard InChI is InChI=1S/C28H25N5O2/c1-2-11-27-23(8-1)15-16-24(29-27)20-35-26-10-4-7-22(19-26)14-13-21-6-3-9-25(18-21)34-17-5-12-28-30-32-33-31-28/h1-4,6-11,13-16,18-19H,5,12,17,20H2,(H,30,31,32,33)/b14-13+. The minimum atomic E-state index is 0.421. The highest BCUT2D eigenvalue weighted by atomic mass is 16.5. The van der Waals surface area contributed by atoms with Crippen molar-refractivity contribution >= 4 is 23.1 Å². The summed E-state index contributed by atoms with van der Waals surface area (Å²) in [5.74, 6) is 2.34. The molecule has 0 aliphatic rings. The number of H-pyrrole nitrogens is 1. The van der Waals surface area contributed by atoms with Gasteiger partial charge in [-0.25, -0.2) is 4.98 Å². The molecule has 0 amide bonds. The van der Waals surface area contributed by atoms with Crippen molar-refractivity contribution in [1.29, 1.82) is 0 Å². The molecule has 2 heterocycles. The van der Waals surface area contributed by atoms with E-state index in [1.54, 1.807) is 0 Å². The molecule has 0 atom stereocenters. The second-order valence-electron chi connectivity index (χ2n) is 8.04. The highest BCUT2D eigenvalue weighted by molar-refractivity contribution is 5.78. The molecule has 0 aliphatic carbocycles. The number of para-hydroxylation sites is 1. The Morgan fingerprint density at radius 2 is 1.54 bits per heavy atom. The van der Waals surface area contributed by atoms with Crippen molar-refractivity contribution in [2.75, 3.05) is 6.61 Å². The van der Waals surface area contributed by atoms with Gasteiger partial charge in [-0.2, -0.15) is 5.21 Å². The molecule has 3 aromatic carbocycles. The Hall–Kier alpha value is -4.52. The van der Waals surface area contributed by atoms with E-state index in [9.17, 15) is 0 Å². The van der Waals surface area contributed by atoms with Gasteiger partial charge < -0.3 is 9.47 Å². The van der Waals surface area contributed by atoms with Crippen LogP contribution in [0.15, 0.2) is 84.9 Å². The summed E-state index contributed by atoms with van der Waals surface area (Å²) >= 11 is 0. The summed E-state index contributed by atoms with van der Waals surface area (Å²) < 4.78 is 11.9. The number of hydrogen-bond donors (Lipinski definition) is 1. The highest BCUT2D eigenvalue weighted by Gasteiger charge is 2.02. The second-order valence-corrected chi connectivity index (χ2v) is 8.04. The zero-order valence-corrected chi connectivity index (χ0v) is 19.2. The number of hydrogen-bond acceptors (Lipinski definition) is 6. The van der Waals surface area contributed by atoms with Gasteiger partial charge in [0.15, 0.2) is 5.82 Å². The van der Waals surface area contributed by atoms with Crippen molar-refractivity contribution < 1.29 is 9.47 Å². The van der Waals surface area contributed by atoms with E-state index in [2.05, 4.69) is 62.0 Å². The van der Waals surface area contributed by atoms with Gasteiger partial charge in [-0.15, -0.1) is 10.2 Å². The average molecular weight is 464 g/mol. The van der Waals surface area contributed by atoms with Gasteiger partial charge in [-0.3, -0.25) is 0 Å². The molecule has 174 valence electrons. The number of benzene rings is 3. The van der Waals surface area contributed by atoms with Crippen LogP contribution < -0.4 is 9.47 Å². The molecule has 0 saturated carbocycles. The molecule has 2 aromatic heterocycles. The third-order valence-corrected chi connectivity index (χ3v) is 5.43. The molecule has 0 bridgehead atoms. The predicted octanol–water partition coefficient (Wildman–Crippen LogP) is 5.51. The molecule has 0 unspecified atom stereocenters. The van der Waals surface area contributed by atoms with E-state index in [1.165, 1.54) is 0 Å². The molecular weight excluding hydrogens is 438 g/mol. The number of tetrazole rings is 1. The van der Waals surface area contributed by atoms with Crippen molar-refractivity contribution in [1.82, 2.24) is 25.6 Å². The maximum Gasteiger partial charge on any atom is 0.174 e. The van der Waals surface area contributed by atoms with E-state index in [-0.39, 0.29) is 0 Å². The summed E-state index contributed by atoms with van der Waals surface area (Å²) in [6, 6.07) is 28.2. The maximum absolute atomic E-state index is 6.00. The Balaban J connectivity index is 1.16. The van der Waals surface area contributed by atoms with Crippen LogP contribution >= 0.6 is 0 Å². The Bertz CT molecular complexity index is 1420. The lowest BCUT2D eigenvalue weighted by molar-refractivity contribution is 0.302. The lowest BCUT2D eigenvalue weighted by atomic mass is 10.1. The van der Waals surface area contributed by atoms with Gasteiger partial charge in [-0.1, -0.05) is 65.9 Å². The fraction of sp³-hybridized carbons (Fsp3) is 0.143. The number of aromatic amines is 1. The minimum Gasteiger partial charge on any atom is -0.494 e. The van der Waals surface area contributed by atoms with Crippen LogP contribution in [0.3, 0.4) is 0 Å². The van der Waals surface area contributed by atoms with Crippen LogP contribution in [0, 0.1) is 0 Å². The Kier molecular flexibility index (Phi) is 7.05. The van der Waals surface area contributed by atoms with Crippen molar-refractivity contribution in [2.24, 2.45) is 0 Å². The Morgan fingerprint density at radius 3 is 2.31 bits per heavy atom. The Morgan fingerprint density at radius 1 is 0.771 bits per heavy atom. The van der Waals surface area contributed by atoms with Gasteiger partial charge >= 0.3 is 0 Å². The molecule has 7 nitrogen and oxygen atoms in total. The SMILES string of the molecule is C(=C\c1cccc(OCc2ccc3ccccc3n2)c1)/c1cccc(OCCCc2nn[nH]n2)c1. The van der Waals surface area contributed by atoms with Gasteiger partial charge in [0.05, 0.1) is 17.8 Å². The van der Waals surface area contributed by atoms with E-state index >= 15 is 0 Å². The Labute approximate surface area is 203 Å². The molecular formula is C28H25N5O2. The molecule has 0 fully saturated rings. The van der Waals surface area contributed by atoms with Crippen LogP contribution in [0.4, 0.5) is 0 Å². The monoisotopic (exact) mass is 463 g/mol. The summed E-state index contributed by atoms with van der Waals surface area (Å²) in [5, 5.41) is 15.0. The lowest BCUT2D eigenvalue weighted by Crippen LogP contribution is -2.00. The normalized spacial score (nSPS) is 11.2. The molecule has 5 rings (SSSR count). The number of nitrogens with zero attached hydrogens (tertiary/aromatic N) is 4. The van der Waals surface area contributed by atoms with Crippen LogP contribution in [0.2, 0.25) is 0 Å². The molecule has 0 saturated heterocycles. The minimum absolute atomic E-state index is 0.421. The maximum atomic E-state index is 6.00. The molecule has 0 spiro atoms. The zero-order valence-electron chi connectivity index (χ0n) is 19.2. The van der Waals surface area contributed by atoms with Crippen LogP contribution in [-0.4, -0.2) is 32.2 Å². The third-order valence-electron chi connectivity index (χ3n) is 5.43. The topological polar surface area (TPSA) is 85.8 Å². The summed E-state index contributed by atoms with van der Waals surface area (Å²) in [6.45, 7) is 1.01. The quantitative estimate of drug-likeness (QED) is 0.217. The van der Waals surface area contributed by atoms with E-state index in [1.807, 2.05) is 60.7 Å². The van der Waals surface area contributed by atoms with E-state index < -0.39 is 0 Å². The lowest BCUT2D eigenvalue weighted by Gasteiger charge is -2.08. The van der Waals surface area contributed by atoms with Crippen molar-refractivity contribution in [3.63, 3.8) is 0 Å². The molecule has 0 radical (unpaired) electrons. The fourth-order valence-corrected chi connectivity index (χ4v) is 3.66. The van der Waals surface area contributed by atoms with Crippen LogP contribution in [0.5, 0.6) is 11.5 Å². The largest absolute Gasteiger partial charge is 0.494 e. The van der Waals surface area contributed by atoms with E-state index in [4.69, 9.17) is 9.47 Å². The number of aromatic nitrogens is 5. The fourth-order valence-electron chi connectivity index (χ4n) is 3.66. The zero-order chi connectivity index (χ0) is 23.7. The molecule has 0 aliphatic heterocycles. The first kappa shape index (κ1) is 22.3. The molecule has 35 heavy (non-hydrogen) atoms. The molecule has 7 heteroatoms. The number of rotatable bonds is 10. The van der Waals surface area contributed by atoms with Crippen LogP contribution in [0.25, 0.3) is 23.1 Å². The first-order valence-electron chi connectivity index (χ1n) is 11.5. The van der Waals surface area contributed by atoms with Crippen LogP contribution in [-0.2, 0) is 13.0 Å². The first-order chi connectivity index (χ1) is 17.3. The number of nitrogens with one attached hydrogen (secondary N) is 1. The van der Waals surface area contributed by atoms with E-state index in [0.717, 1.165) is 52.1 Å². The number of fused-ring (bicyclic) bond motifs is 1. The average Bonchev–Trinajstić information content (AvgIpc) is 3.43.